The van der Waals surface area contributed by atoms with Gasteiger partial charge in [-0.2, -0.15) is 0 Å². The van der Waals surface area contributed by atoms with Crippen molar-refractivity contribution in [1.82, 2.24) is 0 Å². The van der Waals surface area contributed by atoms with Gasteiger partial charge in [0.1, 0.15) is 0 Å². The van der Waals surface area contributed by atoms with Gasteiger partial charge in [-0.3, -0.25) is 4.79 Å². The molecule has 0 fully saturated rings. The molecule has 0 N–H and O–H groups in total. The van der Waals surface area contributed by atoms with E-state index in [1.165, 1.54) is 77.0 Å². The Hall–Kier alpha value is -1.63. The number of carbonyl (C=O) groups excluding carboxylic acids is 1. The number of fused-ring (bicyclic) bond motifs is 1. The summed E-state index contributed by atoms with van der Waals surface area (Å²) in [5, 5.41) is 2.25. The molecular weight excluding hydrogens is 340 g/mol. The van der Waals surface area contributed by atoms with Crippen LogP contribution in [0, 0.1) is 5.92 Å². The summed E-state index contributed by atoms with van der Waals surface area (Å²) in [6.45, 7) is 4.38. The first-order chi connectivity index (χ1) is 13.7. The summed E-state index contributed by atoms with van der Waals surface area (Å²) in [5.41, 5.74) is 0.893. The molecular formula is C27H40O. The van der Waals surface area contributed by atoms with E-state index >= 15 is 0 Å². The van der Waals surface area contributed by atoms with E-state index in [2.05, 4.69) is 32.0 Å². The Balaban J connectivity index is 1.57. The van der Waals surface area contributed by atoms with Crippen molar-refractivity contribution in [3.8, 4) is 0 Å². The summed E-state index contributed by atoms with van der Waals surface area (Å²) < 4.78 is 0. The maximum atomic E-state index is 12.9. The SMILES string of the molecule is CCCCCCCCCCCCCCC(C)C(=O)c1cccc2ccccc12. The summed E-state index contributed by atoms with van der Waals surface area (Å²) in [6, 6.07) is 14.3. The molecule has 0 aliphatic rings. The molecule has 154 valence electrons. The minimum Gasteiger partial charge on any atom is -0.294 e. The fourth-order valence-corrected chi connectivity index (χ4v) is 4.13. The highest BCUT2D eigenvalue weighted by atomic mass is 16.1. The molecule has 2 rings (SSSR count). The standard InChI is InChI=1S/C27H40O/c1-3-4-5-6-7-8-9-10-11-12-13-14-18-23(2)27(28)26-22-17-20-24-19-15-16-21-25(24)26/h15-17,19-23H,3-14,18H2,1-2H3. The van der Waals surface area contributed by atoms with Crippen LogP contribution in [-0.4, -0.2) is 5.78 Å². The van der Waals surface area contributed by atoms with Gasteiger partial charge in [0.05, 0.1) is 0 Å². The van der Waals surface area contributed by atoms with Crippen molar-refractivity contribution < 1.29 is 4.79 Å². The van der Waals surface area contributed by atoms with Crippen molar-refractivity contribution in [3.63, 3.8) is 0 Å². The van der Waals surface area contributed by atoms with E-state index in [0.29, 0.717) is 5.78 Å². The molecule has 0 radical (unpaired) electrons. The summed E-state index contributed by atoms with van der Waals surface area (Å²) in [5.74, 6) is 0.425. The van der Waals surface area contributed by atoms with Gasteiger partial charge in [-0.1, -0.05) is 133 Å². The molecule has 0 amide bonds. The Morgan fingerprint density at radius 1 is 0.714 bits per heavy atom. The Morgan fingerprint density at radius 3 is 1.89 bits per heavy atom. The minimum absolute atomic E-state index is 0.119. The lowest BCUT2D eigenvalue weighted by molar-refractivity contribution is 0.0924. The van der Waals surface area contributed by atoms with E-state index in [1.807, 2.05) is 24.3 Å². The Morgan fingerprint density at radius 2 is 1.25 bits per heavy atom. The molecule has 0 heterocycles. The predicted octanol–water partition coefficient (Wildman–Crippen LogP) is 8.75. The second-order valence-corrected chi connectivity index (χ2v) is 8.47. The zero-order chi connectivity index (χ0) is 20.0. The predicted molar refractivity (Wildman–Crippen MR) is 123 cm³/mol. The highest BCUT2D eigenvalue weighted by Gasteiger charge is 2.16. The Kier molecular flexibility index (Phi) is 10.9. The van der Waals surface area contributed by atoms with Gasteiger partial charge in [-0.05, 0) is 17.2 Å². The third-order valence-corrected chi connectivity index (χ3v) is 5.99. The summed E-state index contributed by atoms with van der Waals surface area (Å²) in [6.07, 6.45) is 17.4. The van der Waals surface area contributed by atoms with E-state index in [-0.39, 0.29) is 5.92 Å². The van der Waals surface area contributed by atoms with E-state index in [9.17, 15) is 4.79 Å². The highest BCUT2D eigenvalue weighted by molar-refractivity contribution is 6.08. The van der Waals surface area contributed by atoms with Crippen LogP contribution in [0.15, 0.2) is 42.5 Å². The second-order valence-electron chi connectivity index (χ2n) is 8.47. The lowest BCUT2D eigenvalue weighted by Gasteiger charge is -2.12. The molecule has 0 aromatic heterocycles. The third-order valence-electron chi connectivity index (χ3n) is 5.99. The van der Waals surface area contributed by atoms with Crippen molar-refractivity contribution >= 4 is 16.6 Å². The quantitative estimate of drug-likeness (QED) is 0.223. The van der Waals surface area contributed by atoms with Gasteiger partial charge in [-0.15, -0.1) is 0 Å². The molecule has 1 unspecified atom stereocenters. The molecule has 1 nitrogen and oxygen atoms in total. The second kappa shape index (κ2) is 13.5. The normalized spacial score (nSPS) is 12.4. The fourth-order valence-electron chi connectivity index (χ4n) is 4.13. The largest absolute Gasteiger partial charge is 0.294 e. The zero-order valence-electron chi connectivity index (χ0n) is 18.2. The first-order valence-electron chi connectivity index (χ1n) is 11.8. The van der Waals surface area contributed by atoms with Crippen LogP contribution < -0.4 is 0 Å². The van der Waals surface area contributed by atoms with E-state index in [0.717, 1.165) is 22.8 Å². The first-order valence-corrected chi connectivity index (χ1v) is 11.8. The number of rotatable bonds is 15. The van der Waals surface area contributed by atoms with E-state index in [4.69, 9.17) is 0 Å². The van der Waals surface area contributed by atoms with Crippen molar-refractivity contribution in [2.24, 2.45) is 5.92 Å². The summed E-state index contributed by atoms with van der Waals surface area (Å²) >= 11 is 0. The van der Waals surface area contributed by atoms with Gasteiger partial charge < -0.3 is 0 Å². The number of Topliss-reactive ketones (excluding diaryl/α,β-unsaturated/α-hetero) is 1. The number of benzene rings is 2. The van der Waals surface area contributed by atoms with Crippen LogP contribution >= 0.6 is 0 Å². The van der Waals surface area contributed by atoms with Crippen LogP contribution in [0.1, 0.15) is 108 Å². The van der Waals surface area contributed by atoms with Crippen LogP contribution in [0.3, 0.4) is 0 Å². The molecule has 28 heavy (non-hydrogen) atoms. The van der Waals surface area contributed by atoms with Crippen molar-refractivity contribution in [3.05, 3.63) is 48.0 Å². The highest BCUT2D eigenvalue weighted by Crippen LogP contribution is 2.23. The average Bonchev–Trinajstić information content (AvgIpc) is 2.73. The van der Waals surface area contributed by atoms with Crippen molar-refractivity contribution in [2.45, 2.75) is 97.3 Å². The zero-order valence-corrected chi connectivity index (χ0v) is 18.2. The fraction of sp³-hybridized carbons (Fsp3) is 0.593. The molecule has 2 aromatic carbocycles. The number of unbranched alkanes of at least 4 members (excludes halogenated alkanes) is 11. The lowest BCUT2D eigenvalue weighted by atomic mass is 9.91. The van der Waals surface area contributed by atoms with Gasteiger partial charge in [0.15, 0.2) is 5.78 Å². The van der Waals surface area contributed by atoms with Crippen molar-refractivity contribution in [2.75, 3.05) is 0 Å². The molecule has 1 heteroatoms. The van der Waals surface area contributed by atoms with Crippen molar-refractivity contribution in [1.29, 1.82) is 0 Å². The van der Waals surface area contributed by atoms with Gasteiger partial charge >= 0.3 is 0 Å². The molecule has 0 saturated heterocycles. The Bertz CT molecular complexity index is 682. The van der Waals surface area contributed by atoms with E-state index < -0.39 is 0 Å². The smallest absolute Gasteiger partial charge is 0.166 e. The number of ketones is 1. The average molecular weight is 381 g/mol. The number of carbonyl (C=O) groups is 1. The van der Waals surface area contributed by atoms with Crippen LogP contribution in [0.25, 0.3) is 10.8 Å². The molecule has 0 spiro atoms. The van der Waals surface area contributed by atoms with Gasteiger partial charge in [0.2, 0.25) is 0 Å². The van der Waals surface area contributed by atoms with Gasteiger partial charge in [0, 0.05) is 11.5 Å². The molecule has 0 aliphatic carbocycles. The molecule has 0 saturated carbocycles. The molecule has 0 aliphatic heterocycles. The topological polar surface area (TPSA) is 17.1 Å². The van der Waals surface area contributed by atoms with E-state index in [1.54, 1.807) is 0 Å². The minimum atomic E-state index is 0.119. The Labute approximate surface area is 172 Å². The van der Waals surface area contributed by atoms with Crippen LogP contribution in [0.2, 0.25) is 0 Å². The third kappa shape index (κ3) is 7.78. The summed E-state index contributed by atoms with van der Waals surface area (Å²) in [4.78, 5) is 12.9. The maximum Gasteiger partial charge on any atom is 0.166 e. The van der Waals surface area contributed by atoms with Crippen LogP contribution in [0.5, 0.6) is 0 Å². The first kappa shape index (κ1) is 22.7. The monoisotopic (exact) mass is 380 g/mol. The summed E-state index contributed by atoms with van der Waals surface area (Å²) in [7, 11) is 0. The molecule has 2 aromatic rings. The van der Waals surface area contributed by atoms with Gasteiger partial charge in [0.25, 0.3) is 0 Å². The molecule has 1 atom stereocenters. The molecule has 0 bridgehead atoms. The van der Waals surface area contributed by atoms with Crippen LogP contribution in [0.4, 0.5) is 0 Å². The van der Waals surface area contributed by atoms with Crippen LogP contribution in [-0.2, 0) is 0 Å². The number of hydrogen-bond acceptors (Lipinski definition) is 1. The lowest BCUT2D eigenvalue weighted by Crippen LogP contribution is -2.11. The maximum absolute atomic E-state index is 12.9. The van der Waals surface area contributed by atoms with Gasteiger partial charge in [-0.25, -0.2) is 0 Å². The number of hydrogen-bond donors (Lipinski definition) is 0.